The average Bonchev–Trinajstić information content (AvgIpc) is 2.80. The van der Waals surface area contributed by atoms with Gasteiger partial charge in [-0.2, -0.15) is 0 Å². The highest BCUT2D eigenvalue weighted by Crippen LogP contribution is 2.21. The molecule has 0 radical (unpaired) electrons. The van der Waals surface area contributed by atoms with E-state index in [1.807, 2.05) is 13.8 Å². The van der Waals surface area contributed by atoms with E-state index in [2.05, 4.69) is 0 Å². The predicted octanol–water partition coefficient (Wildman–Crippen LogP) is 0.765. The van der Waals surface area contributed by atoms with E-state index in [9.17, 15) is 9.59 Å². The Hall–Kier alpha value is -1.30. The van der Waals surface area contributed by atoms with Crippen molar-refractivity contribution < 1.29 is 19.4 Å². The van der Waals surface area contributed by atoms with Crippen LogP contribution >= 0.6 is 0 Å². The van der Waals surface area contributed by atoms with Crippen molar-refractivity contribution in [3.05, 3.63) is 0 Å². The number of nitrogens with zero attached hydrogens (tertiary/aromatic N) is 2. The summed E-state index contributed by atoms with van der Waals surface area (Å²) in [6.07, 6.45) is 0.454. The SMILES string of the molecule is CC1CN(C(=O)O)CC(C)N1C(=O)C1CCCO1. The zero-order valence-corrected chi connectivity index (χ0v) is 10.8. The second-order valence-electron chi connectivity index (χ2n) is 5.13. The van der Waals surface area contributed by atoms with E-state index in [0.29, 0.717) is 19.7 Å². The summed E-state index contributed by atoms with van der Waals surface area (Å²) in [5, 5.41) is 9.01. The van der Waals surface area contributed by atoms with Crippen molar-refractivity contribution >= 4 is 12.0 Å². The zero-order valence-electron chi connectivity index (χ0n) is 10.8. The number of piperazine rings is 1. The number of carbonyl (C=O) groups is 2. The van der Waals surface area contributed by atoms with Gasteiger partial charge in [0.05, 0.1) is 0 Å². The van der Waals surface area contributed by atoms with Gasteiger partial charge >= 0.3 is 6.09 Å². The normalized spacial score (nSPS) is 32.7. The third-order valence-electron chi connectivity index (χ3n) is 3.65. The number of hydrogen-bond acceptors (Lipinski definition) is 3. The van der Waals surface area contributed by atoms with Crippen LogP contribution in [0.3, 0.4) is 0 Å². The molecule has 0 aliphatic carbocycles. The molecule has 2 rings (SSSR count). The van der Waals surface area contributed by atoms with E-state index in [0.717, 1.165) is 12.8 Å². The lowest BCUT2D eigenvalue weighted by molar-refractivity contribution is -0.148. The van der Waals surface area contributed by atoms with Crippen LogP contribution in [-0.4, -0.2) is 64.8 Å². The van der Waals surface area contributed by atoms with Gasteiger partial charge in [-0.25, -0.2) is 4.79 Å². The van der Waals surface area contributed by atoms with Crippen molar-refractivity contribution in [3.63, 3.8) is 0 Å². The first kappa shape index (κ1) is 13.1. The van der Waals surface area contributed by atoms with E-state index < -0.39 is 6.09 Å². The molecule has 0 spiro atoms. The molecule has 6 nitrogen and oxygen atoms in total. The summed E-state index contributed by atoms with van der Waals surface area (Å²) in [4.78, 5) is 26.5. The van der Waals surface area contributed by atoms with Crippen LogP contribution in [0.5, 0.6) is 0 Å². The summed E-state index contributed by atoms with van der Waals surface area (Å²) in [6, 6.07) is -0.192. The number of amides is 2. The molecule has 2 aliphatic heterocycles. The van der Waals surface area contributed by atoms with Gasteiger partial charge in [-0.15, -0.1) is 0 Å². The molecule has 2 heterocycles. The Morgan fingerprint density at radius 3 is 2.28 bits per heavy atom. The minimum Gasteiger partial charge on any atom is -0.465 e. The summed E-state index contributed by atoms with van der Waals surface area (Å²) in [6.45, 7) is 5.17. The van der Waals surface area contributed by atoms with Crippen LogP contribution in [0.15, 0.2) is 0 Å². The topological polar surface area (TPSA) is 70.1 Å². The number of carbonyl (C=O) groups excluding carboxylic acids is 1. The number of rotatable bonds is 1. The zero-order chi connectivity index (χ0) is 13.3. The molecule has 3 unspecified atom stereocenters. The highest BCUT2D eigenvalue weighted by molar-refractivity contribution is 5.82. The molecule has 102 valence electrons. The fourth-order valence-electron chi connectivity index (χ4n) is 2.85. The van der Waals surface area contributed by atoms with Gasteiger partial charge < -0.3 is 19.6 Å². The molecule has 2 amide bonds. The first-order valence-electron chi connectivity index (χ1n) is 6.42. The van der Waals surface area contributed by atoms with E-state index in [1.54, 1.807) is 4.90 Å². The minimum atomic E-state index is -0.919. The molecule has 6 heteroatoms. The fraction of sp³-hybridized carbons (Fsp3) is 0.833. The molecule has 0 aromatic rings. The molecule has 0 bridgehead atoms. The van der Waals surface area contributed by atoms with Crippen molar-refractivity contribution in [1.29, 1.82) is 0 Å². The summed E-state index contributed by atoms with van der Waals surface area (Å²) in [7, 11) is 0. The lowest BCUT2D eigenvalue weighted by Crippen LogP contribution is -2.61. The Morgan fingerprint density at radius 2 is 1.83 bits per heavy atom. The first-order chi connectivity index (χ1) is 8.50. The highest BCUT2D eigenvalue weighted by atomic mass is 16.5. The van der Waals surface area contributed by atoms with Crippen molar-refractivity contribution in [2.45, 2.75) is 44.9 Å². The van der Waals surface area contributed by atoms with Crippen molar-refractivity contribution in [1.82, 2.24) is 9.80 Å². The van der Waals surface area contributed by atoms with Crippen LogP contribution in [0.4, 0.5) is 4.79 Å². The van der Waals surface area contributed by atoms with Gasteiger partial charge in [0.2, 0.25) is 0 Å². The van der Waals surface area contributed by atoms with Crippen LogP contribution in [0.2, 0.25) is 0 Å². The maximum atomic E-state index is 12.3. The Balaban J connectivity index is 2.04. The lowest BCUT2D eigenvalue weighted by atomic mass is 10.1. The summed E-state index contributed by atoms with van der Waals surface area (Å²) in [5.41, 5.74) is 0. The maximum Gasteiger partial charge on any atom is 0.407 e. The highest BCUT2D eigenvalue weighted by Gasteiger charge is 2.38. The Bertz CT molecular complexity index is 329. The fourth-order valence-corrected chi connectivity index (χ4v) is 2.85. The molecule has 0 aromatic heterocycles. The van der Waals surface area contributed by atoms with Gasteiger partial charge in [0.15, 0.2) is 0 Å². The molecule has 2 saturated heterocycles. The van der Waals surface area contributed by atoms with Crippen LogP contribution < -0.4 is 0 Å². The molecular weight excluding hydrogens is 236 g/mol. The quantitative estimate of drug-likeness (QED) is 0.752. The summed E-state index contributed by atoms with van der Waals surface area (Å²) >= 11 is 0. The van der Waals surface area contributed by atoms with Gasteiger partial charge in [0, 0.05) is 31.8 Å². The van der Waals surface area contributed by atoms with Crippen LogP contribution in [-0.2, 0) is 9.53 Å². The molecule has 2 fully saturated rings. The lowest BCUT2D eigenvalue weighted by Gasteiger charge is -2.44. The third kappa shape index (κ3) is 2.43. The predicted molar refractivity (Wildman–Crippen MR) is 64.3 cm³/mol. The Kier molecular flexibility index (Phi) is 3.75. The van der Waals surface area contributed by atoms with Crippen LogP contribution in [0, 0.1) is 0 Å². The average molecular weight is 256 g/mol. The largest absolute Gasteiger partial charge is 0.465 e. The Morgan fingerprint density at radius 1 is 1.22 bits per heavy atom. The second kappa shape index (κ2) is 5.14. The summed E-state index contributed by atoms with van der Waals surface area (Å²) < 4.78 is 5.42. The number of carboxylic acid groups (broad SMARTS) is 1. The van der Waals surface area contributed by atoms with E-state index >= 15 is 0 Å². The third-order valence-corrected chi connectivity index (χ3v) is 3.65. The molecule has 2 aliphatic rings. The first-order valence-corrected chi connectivity index (χ1v) is 6.42. The van der Waals surface area contributed by atoms with Gasteiger partial charge in [-0.1, -0.05) is 0 Å². The molecule has 0 saturated carbocycles. The maximum absolute atomic E-state index is 12.3. The minimum absolute atomic E-state index is 0.0116. The molecule has 0 aromatic carbocycles. The Labute approximate surface area is 106 Å². The van der Waals surface area contributed by atoms with Crippen molar-refractivity contribution in [2.24, 2.45) is 0 Å². The van der Waals surface area contributed by atoms with Gasteiger partial charge in [0.1, 0.15) is 6.10 Å². The van der Waals surface area contributed by atoms with Crippen LogP contribution in [0.25, 0.3) is 0 Å². The van der Waals surface area contributed by atoms with Crippen molar-refractivity contribution in [3.8, 4) is 0 Å². The van der Waals surface area contributed by atoms with Gasteiger partial charge in [-0.3, -0.25) is 4.79 Å². The number of ether oxygens (including phenoxy) is 1. The van der Waals surface area contributed by atoms with Crippen LogP contribution in [0.1, 0.15) is 26.7 Å². The molecule has 18 heavy (non-hydrogen) atoms. The van der Waals surface area contributed by atoms with Gasteiger partial charge in [0.25, 0.3) is 5.91 Å². The van der Waals surface area contributed by atoms with E-state index in [1.165, 1.54) is 4.90 Å². The standard InChI is InChI=1S/C12H20N2O4/c1-8-6-13(12(16)17)7-9(2)14(8)11(15)10-4-3-5-18-10/h8-10H,3-7H2,1-2H3,(H,16,17). The van der Waals surface area contributed by atoms with E-state index in [-0.39, 0.29) is 24.1 Å². The second-order valence-corrected chi connectivity index (χ2v) is 5.13. The van der Waals surface area contributed by atoms with Crippen molar-refractivity contribution in [2.75, 3.05) is 19.7 Å². The van der Waals surface area contributed by atoms with E-state index in [4.69, 9.17) is 9.84 Å². The molecule has 3 atom stereocenters. The molecular formula is C12H20N2O4. The monoisotopic (exact) mass is 256 g/mol. The number of hydrogen-bond donors (Lipinski definition) is 1. The summed E-state index contributed by atoms with van der Waals surface area (Å²) in [5.74, 6) is 0.0116. The molecule has 1 N–H and O–H groups in total. The smallest absolute Gasteiger partial charge is 0.407 e. The van der Waals surface area contributed by atoms with Gasteiger partial charge in [-0.05, 0) is 26.7 Å².